The van der Waals surface area contributed by atoms with Crippen LogP contribution < -0.4 is 4.90 Å². The number of aromatic carboxylic acids is 1. The lowest BCUT2D eigenvalue weighted by Crippen LogP contribution is -2.24. The second-order valence-corrected chi connectivity index (χ2v) is 5.69. The molecule has 1 rings (SSSR count). The summed E-state index contributed by atoms with van der Waals surface area (Å²) in [5.41, 5.74) is 1.32. The average Bonchev–Trinajstić information content (AvgIpc) is 2.52. The van der Waals surface area contributed by atoms with Crippen LogP contribution in [0, 0.1) is 5.92 Å². The summed E-state index contributed by atoms with van der Waals surface area (Å²) in [5, 5.41) is 8.93. The van der Waals surface area contributed by atoms with Crippen LogP contribution in [0.4, 0.5) is 5.69 Å². The number of hydrogen-bond donors (Lipinski definition) is 1. The summed E-state index contributed by atoms with van der Waals surface area (Å²) in [7, 11) is 0. The van der Waals surface area contributed by atoms with Gasteiger partial charge >= 0.3 is 11.9 Å². The molecule has 1 N–H and O–H groups in total. The topological polar surface area (TPSA) is 66.8 Å². The van der Waals surface area contributed by atoms with Crippen LogP contribution in [0.1, 0.15) is 50.4 Å². The molecule has 0 aliphatic carbocycles. The number of carboxylic acid groups (broad SMARTS) is 1. The van der Waals surface area contributed by atoms with Crippen LogP contribution in [0.5, 0.6) is 0 Å². The van der Waals surface area contributed by atoms with Crippen molar-refractivity contribution in [2.75, 3.05) is 24.6 Å². The molecule has 23 heavy (non-hydrogen) atoms. The van der Waals surface area contributed by atoms with Gasteiger partial charge in [0.1, 0.15) is 0 Å². The van der Waals surface area contributed by atoms with Crippen molar-refractivity contribution < 1.29 is 19.4 Å². The van der Waals surface area contributed by atoms with Crippen LogP contribution >= 0.6 is 0 Å². The van der Waals surface area contributed by atoms with Gasteiger partial charge in [-0.1, -0.05) is 6.92 Å². The number of carbonyl (C=O) groups is 2. The zero-order valence-corrected chi connectivity index (χ0v) is 14.2. The maximum atomic E-state index is 11.4. The zero-order valence-electron chi connectivity index (χ0n) is 14.2. The number of carbonyl (C=O) groups excluding carboxylic acids is 1. The minimum Gasteiger partial charge on any atom is -0.478 e. The fraction of sp³-hybridized carbons (Fsp3) is 0.556. The molecule has 0 amide bonds. The number of esters is 1. The van der Waals surface area contributed by atoms with Crippen LogP contribution in [0.25, 0.3) is 0 Å². The third-order valence-electron chi connectivity index (χ3n) is 3.81. The second-order valence-electron chi connectivity index (χ2n) is 5.69. The van der Waals surface area contributed by atoms with E-state index >= 15 is 0 Å². The maximum Gasteiger partial charge on any atom is 0.335 e. The van der Waals surface area contributed by atoms with Crippen molar-refractivity contribution >= 4 is 17.6 Å². The predicted octanol–water partition coefficient (Wildman–Crippen LogP) is 3.58. The summed E-state index contributed by atoms with van der Waals surface area (Å²) >= 11 is 0. The van der Waals surface area contributed by atoms with Gasteiger partial charge in [-0.25, -0.2) is 4.79 Å². The van der Waals surface area contributed by atoms with Crippen LogP contribution in [0.3, 0.4) is 0 Å². The number of rotatable bonds is 10. The van der Waals surface area contributed by atoms with E-state index in [9.17, 15) is 9.59 Å². The van der Waals surface area contributed by atoms with E-state index in [4.69, 9.17) is 9.84 Å². The van der Waals surface area contributed by atoms with Gasteiger partial charge in [0.25, 0.3) is 0 Å². The van der Waals surface area contributed by atoms with E-state index in [1.807, 2.05) is 19.1 Å². The molecule has 128 valence electrons. The first-order valence-corrected chi connectivity index (χ1v) is 8.21. The average molecular weight is 321 g/mol. The summed E-state index contributed by atoms with van der Waals surface area (Å²) < 4.78 is 4.96. The minimum atomic E-state index is -0.910. The normalized spacial score (nSPS) is 11.8. The van der Waals surface area contributed by atoms with Gasteiger partial charge in [-0.3, -0.25) is 4.79 Å². The number of anilines is 1. The van der Waals surface area contributed by atoms with E-state index in [1.54, 1.807) is 12.1 Å². The summed E-state index contributed by atoms with van der Waals surface area (Å²) in [6.07, 6.45) is 2.41. The van der Waals surface area contributed by atoms with Gasteiger partial charge < -0.3 is 14.7 Å². The van der Waals surface area contributed by atoms with E-state index in [0.29, 0.717) is 24.5 Å². The predicted molar refractivity (Wildman–Crippen MR) is 90.9 cm³/mol. The first kappa shape index (κ1) is 19.0. The Labute approximate surface area is 138 Å². The van der Waals surface area contributed by atoms with Crippen molar-refractivity contribution in [1.29, 1.82) is 0 Å². The van der Waals surface area contributed by atoms with Crippen molar-refractivity contribution in [2.45, 2.75) is 40.0 Å². The van der Waals surface area contributed by atoms with E-state index < -0.39 is 5.97 Å². The summed E-state index contributed by atoms with van der Waals surface area (Å²) in [5.74, 6) is -0.730. The van der Waals surface area contributed by atoms with Crippen molar-refractivity contribution in [1.82, 2.24) is 0 Å². The Morgan fingerprint density at radius 2 is 1.87 bits per heavy atom. The van der Waals surface area contributed by atoms with Crippen molar-refractivity contribution in [3.8, 4) is 0 Å². The molecule has 5 nitrogen and oxygen atoms in total. The van der Waals surface area contributed by atoms with Gasteiger partial charge in [0.05, 0.1) is 12.2 Å². The van der Waals surface area contributed by atoms with Crippen molar-refractivity contribution in [2.24, 2.45) is 5.92 Å². The zero-order chi connectivity index (χ0) is 17.2. The number of benzene rings is 1. The Morgan fingerprint density at radius 3 is 2.39 bits per heavy atom. The maximum absolute atomic E-state index is 11.4. The Kier molecular flexibility index (Phi) is 8.16. The van der Waals surface area contributed by atoms with Crippen molar-refractivity contribution in [3.63, 3.8) is 0 Å². The van der Waals surface area contributed by atoms with E-state index in [1.165, 1.54) is 0 Å². The molecule has 1 unspecified atom stereocenters. The SMILES string of the molecule is CCOC(=O)CC(C)CCCN(CC)c1ccc(C(=O)O)cc1. The molecule has 0 spiro atoms. The lowest BCUT2D eigenvalue weighted by Gasteiger charge is -2.24. The molecule has 5 heteroatoms. The van der Waals surface area contributed by atoms with Gasteiger partial charge in [-0.2, -0.15) is 0 Å². The molecule has 0 saturated heterocycles. The largest absolute Gasteiger partial charge is 0.478 e. The van der Waals surface area contributed by atoms with Crippen LogP contribution in [-0.2, 0) is 9.53 Å². The first-order valence-electron chi connectivity index (χ1n) is 8.21. The number of ether oxygens (including phenoxy) is 1. The molecular formula is C18H27NO4. The fourth-order valence-corrected chi connectivity index (χ4v) is 2.52. The molecule has 0 bridgehead atoms. The highest BCUT2D eigenvalue weighted by atomic mass is 16.5. The Morgan fingerprint density at radius 1 is 1.22 bits per heavy atom. The first-order chi connectivity index (χ1) is 11.0. The molecule has 0 saturated carbocycles. The molecule has 1 aromatic rings. The number of hydrogen-bond acceptors (Lipinski definition) is 4. The van der Waals surface area contributed by atoms with E-state index in [0.717, 1.165) is 31.6 Å². The standard InChI is InChI=1S/C18H27NO4/c1-4-19(16-10-8-15(9-11-16)18(21)22)12-6-7-14(3)13-17(20)23-5-2/h8-11,14H,4-7,12-13H2,1-3H3,(H,21,22). The highest BCUT2D eigenvalue weighted by Crippen LogP contribution is 2.18. The van der Waals surface area contributed by atoms with Gasteiger partial charge in [0.15, 0.2) is 0 Å². The Bertz CT molecular complexity index is 498. The van der Waals surface area contributed by atoms with E-state index in [2.05, 4.69) is 18.7 Å². The van der Waals surface area contributed by atoms with Gasteiger partial charge in [0.2, 0.25) is 0 Å². The van der Waals surface area contributed by atoms with Gasteiger partial charge in [-0.15, -0.1) is 0 Å². The van der Waals surface area contributed by atoms with Crippen molar-refractivity contribution in [3.05, 3.63) is 29.8 Å². The second kappa shape index (κ2) is 9.87. The fourth-order valence-electron chi connectivity index (χ4n) is 2.52. The van der Waals surface area contributed by atoms with Gasteiger partial charge in [0, 0.05) is 25.2 Å². The van der Waals surface area contributed by atoms with E-state index in [-0.39, 0.29) is 5.97 Å². The molecule has 0 radical (unpaired) electrons. The quantitative estimate of drug-likeness (QED) is 0.667. The Hall–Kier alpha value is -2.04. The molecule has 0 fully saturated rings. The summed E-state index contributed by atoms with van der Waals surface area (Å²) in [6.45, 7) is 8.13. The third-order valence-corrected chi connectivity index (χ3v) is 3.81. The minimum absolute atomic E-state index is 0.128. The van der Waals surface area contributed by atoms with Gasteiger partial charge in [-0.05, 0) is 56.9 Å². The lowest BCUT2D eigenvalue weighted by atomic mass is 10.0. The smallest absolute Gasteiger partial charge is 0.335 e. The molecule has 0 heterocycles. The molecule has 1 atom stereocenters. The molecular weight excluding hydrogens is 294 g/mol. The summed E-state index contributed by atoms with van der Waals surface area (Å²) in [4.78, 5) is 24.5. The summed E-state index contributed by atoms with van der Waals surface area (Å²) in [6, 6.07) is 6.94. The molecule has 1 aromatic carbocycles. The third kappa shape index (κ3) is 6.72. The highest BCUT2D eigenvalue weighted by Gasteiger charge is 2.11. The lowest BCUT2D eigenvalue weighted by molar-refractivity contribution is -0.144. The number of nitrogens with zero attached hydrogens (tertiary/aromatic N) is 1. The van der Waals surface area contributed by atoms with Crippen LogP contribution in [0.2, 0.25) is 0 Å². The highest BCUT2D eigenvalue weighted by molar-refractivity contribution is 5.88. The molecule has 0 aliphatic rings. The molecule has 0 aromatic heterocycles. The van der Waals surface area contributed by atoms with Crippen LogP contribution in [0.15, 0.2) is 24.3 Å². The van der Waals surface area contributed by atoms with Crippen LogP contribution in [-0.4, -0.2) is 36.7 Å². The number of carboxylic acids is 1. The Balaban J connectivity index is 2.44. The monoisotopic (exact) mass is 321 g/mol. The molecule has 0 aliphatic heterocycles.